The van der Waals surface area contributed by atoms with Gasteiger partial charge in [-0.05, 0) is 54.8 Å². The van der Waals surface area contributed by atoms with E-state index in [4.69, 9.17) is 16.0 Å². The third-order valence-electron chi connectivity index (χ3n) is 5.49. The van der Waals surface area contributed by atoms with E-state index in [0.717, 1.165) is 27.9 Å². The van der Waals surface area contributed by atoms with Crippen molar-refractivity contribution in [3.05, 3.63) is 81.8 Å². The van der Waals surface area contributed by atoms with Crippen molar-refractivity contribution in [3.63, 3.8) is 0 Å². The van der Waals surface area contributed by atoms with E-state index in [0.29, 0.717) is 35.7 Å². The molecular weight excluding hydrogens is 442 g/mol. The molecule has 0 aliphatic rings. The second-order valence-corrected chi connectivity index (χ2v) is 8.19. The first-order valence-corrected chi connectivity index (χ1v) is 11.1. The van der Waals surface area contributed by atoms with Gasteiger partial charge in [0.05, 0.1) is 18.7 Å². The number of nitrogens with zero attached hydrogens (tertiary/aromatic N) is 2. The first-order chi connectivity index (χ1) is 15.9. The van der Waals surface area contributed by atoms with Gasteiger partial charge < -0.3 is 14.8 Å². The number of furan rings is 1. The Morgan fingerprint density at radius 1 is 1.09 bits per heavy atom. The maximum atomic E-state index is 12.6. The number of aryl methyl sites for hydroxylation is 1. The molecule has 4 rings (SSSR count). The van der Waals surface area contributed by atoms with E-state index in [1.807, 2.05) is 42.8 Å². The summed E-state index contributed by atoms with van der Waals surface area (Å²) in [5, 5.41) is 18.1. The van der Waals surface area contributed by atoms with Gasteiger partial charge in [0.15, 0.2) is 5.76 Å². The van der Waals surface area contributed by atoms with Crippen LogP contribution in [0.15, 0.2) is 52.9 Å². The van der Waals surface area contributed by atoms with Gasteiger partial charge in [-0.2, -0.15) is 5.10 Å². The fourth-order valence-corrected chi connectivity index (χ4v) is 4.12. The number of hydrogen-bond donors (Lipinski definition) is 2. The van der Waals surface area contributed by atoms with Crippen LogP contribution in [-0.2, 0) is 30.6 Å². The highest BCUT2D eigenvalue weighted by Gasteiger charge is 2.18. The number of carbonyl (C=O) groups is 2. The molecule has 170 valence electrons. The Morgan fingerprint density at radius 3 is 2.52 bits per heavy atom. The Hall–Kier alpha value is -3.58. The van der Waals surface area contributed by atoms with Crippen molar-refractivity contribution in [3.8, 4) is 0 Å². The van der Waals surface area contributed by atoms with Crippen LogP contribution in [0, 0.1) is 0 Å². The number of benzene rings is 2. The van der Waals surface area contributed by atoms with Gasteiger partial charge >= 0.3 is 5.97 Å². The summed E-state index contributed by atoms with van der Waals surface area (Å²) in [6, 6.07) is 14.3. The zero-order valence-corrected chi connectivity index (χ0v) is 19.1. The van der Waals surface area contributed by atoms with E-state index in [1.165, 1.54) is 0 Å². The fraction of sp³-hybridized carbons (Fsp3) is 0.240. The van der Waals surface area contributed by atoms with Crippen molar-refractivity contribution in [1.82, 2.24) is 9.78 Å². The van der Waals surface area contributed by atoms with E-state index >= 15 is 0 Å². The minimum absolute atomic E-state index is 0.0225. The van der Waals surface area contributed by atoms with Crippen LogP contribution in [0.2, 0.25) is 5.02 Å². The van der Waals surface area contributed by atoms with Crippen LogP contribution >= 0.6 is 11.6 Å². The first kappa shape index (κ1) is 22.6. The highest BCUT2D eigenvalue weighted by atomic mass is 35.5. The van der Waals surface area contributed by atoms with Crippen LogP contribution in [0.25, 0.3) is 11.0 Å². The summed E-state index contributed by atoms with van der Waals surface area (Å²) in [5.41, 5.74) is 4.80. The lowest BCUT2D eigenvalue weighted by Crippen LogP contribution is -2.11. The quantitative estimate of drug-likeness (QED) is 0.366. The van der Waals surface area contributed by atoms with Crippen molar-refractivity contribution < 1.29 is 19.1 Å². The molecule has 0 unspecified atom stereocenters. The lowest BCUT2D eigenvalue weighted by Gasteiger charge is -2.09. The fourth-order valence-electron chi connectivity index (χ4n) is 3.94. The summed E-state index contributed by atoms with van der Waals surface area (Å²) in [6.45, 7) is 4.50. The van der Waals surface area contributed by atoms with E-state index in [9.17, 15) is 14.7 Å². The third kappa shape index (κ3) is 4.93. The van der Waals surface area contributed by atoms with Gasteiger partial charge in [-0.15, -0.1) is 0 Å². The molecule has 33 heavy (non-hydrogen) atoms. The number of amides is 1. The van der Waals surface area contributed by atoms with Gasteiger partial charge in [0.25, 0.3) is 5.91 Å². The number of aromatic nitrogens is 2. The number of carboxylic acid groups (broad SMARTS) is 1. The maximum absolute atomic E-state index is 12.6. The standard InChI is InChI=1S/C25H24ClN3O4/c1-3-20-19(13-24(30)31)21(4-2)29(28-20)14-15-5-8-18(9-6-15)27-25(32)23-12-16-11-17(26)7-10-22(16)33-23/h5-12H,3-4,13-14H2,1-2H3,(H,27,32)(H,30,31). The number of halogens is 1. The van der Waals surface area contributed by atoms with Gasteiger partial charge in [0.2, 0.25) is 0 Å². The van der Waals surface area contributed by atoms with E-state index < -0.39 is 5.97 Å². The molecular formula is C25H24ClN3O4. The Labute approximate surface area is 196 Å². The Bertz CT molecular complexity index is 1320. The van der Waals surface area contributed by atoms with Gasteiger partial charge in [-0.1, -0.05) is 37.6 Å². The number of fused-ring (bicyclic) bond motifs is 1. The number of anilines is 1. The van der Waals surface area contributed by atoms with Gasteiger partial charge in [0, 0.05) is 27.4 Å². The average Bonchev–Trinajstić information content (AvgIpc) is 3.35. The first-order valence-electron chi connectivity index (χ1n) is 10.8. The number of aliphatic carboxylic acids is 1. The summed E-state index contributed by atoms with van der Waals surface area (Å²) in [7, 11) is 0. The van der Waals surface area contributed by atoms with Gasteiger partial charge in [-0.25, -0.2) is 0 Å². The SMILES string of the molecule is CCc1nn(Cc2ccc(NC(=O)c3cc4cc(Cl)ccc4o3)cc2)c(CC)c1CC(=O)O. The van der Waals surface area contributed by atoms with Crippen LogP contribution in [-0.4, -0.2) is 26.8 Å². The summed E-state index contributed by atoms with van der Waals surface area (Å²) in [6.07, 6.45) is 1.36. The summed E-state index contributed by atoms with van der Waals surface area (Å²) < 4.78 is 7.49. The molecule has 2 heterocycles. The normalized spacial score (nSPS) is 11.1. The predicted octanol–water partition coefficient (Wildman–Crippen LogP) is 5.34. The van der Waals surface area contributed by atoms with Crippen molar-refractivity contribution in [1.29, 1.82) is 0 Å². The Morgan fingerprint density at radius 2 is 1.85 bits per heavy atom. The Balaban J connectivity index is 1.48. The molecule has 0 spiro atoms. The topological polar surface area (TPSA) is 97.4 Å². The largest absolute Gasteiger partial charge is 0.481 e. The number of carboxylic acids is 1. The zero-order chi connectivity index (χ0) is 23.5. The molecule has 4 aromatic rings. The minimum Gasteiger partial charge on any atom is -0.481 e. The molecule has 0 fully saturated rings. The molecule has 2 N–H and O–H groups in total. The monoisotopic (exact) mass is 465 g/mol. The minimum atomic E-state index is -0.855. The molecule has 2 aromatic heterocycles. The molecule has 0 atom stereocenters. The number of hydrogen-bond acceptors (Lipinski definition) is 4. The molecule has 0 aliphatic heterocycles. The second kappa shape index (κ2) is 9.50. The number of nitrogens with one attached hydrogen (secondary N) is 1. The second-order valence-electron chi connectivity index (χ2n) is 7.75. The molecule has 0 bridgehead atoms. The lowest BCUT2D eigenvalue weighted by atomic mass is 10.1. The number of rotatable bonds is 8. The molecule has 0 aliphatic carbocycles. The molecule has 0 radical (unpaired) electrons. The Kier molecular flexibility index (Phi) is 6.51. The van der Waals surface area contributed by atoms with Crippen LogP contribution in [0.4, 0.5) is 5.69 Å². The van der Waals surface area contributed by atoms with Crippen LogP contribution in [0.1, 0.15) is 46.9 Å². The van der Waals surface area contributed by atoms with Crippen molar-refractivity contribution in [2.45, 2.75) is 39.7 Å². The molecule has 2 aromatic carbocycles. The molecule has 1 amide bonds. The average molecular weight is 466 g/mol. The smallest absolute Gasteiger partial charge is 0.307 e. The highest BCUT2D eigenvalue weighted by Crippen LogP contribution is 2.24. The zero-order valence-electron chi connectivity index (χ0n) is 18.4. The summed E-state index contributed by atoms with van der Waals surface area (Å²) >= 11 is 5.99. The number of carbonyl (C=O) groups excluding carboxylic acids is 1. The molecule has 8 heteroatoms. The van der Waals surface area contributed by atoms with Crippen LogP contribution in [0.3, 0.4) is 0 Å². The van der Waals surface area contributed by atoms with Crippen molar-refractivity contribution in [2.24, 2.45) is 0 Å². The highest BCUT2D eigenvalue weighted by molar-refractivity contribution is 6.31. The molecule has 0 saturated heterocycles. The summed E-state index contributed by atoms with van der Waals surface area (Å²) in [4.78, 5) is 23.9. The molecule has 0 saturated carbocycles. The van der Waals surface area contributed by atoms with Crippen molar-refractivity contribution in [2.75, 3.05) is 5.32 Å². The third-order valence-corrected chi connectivity index (χ3v) is 5.73. The van der Waals surface area contributed by atoms with Gasteiger partial charge in [-0.3, -0.25) is 14.3 Å². The molecule has 7 nitrogen and oxygen atoms in total. The van der Waals surface area contributed by atoms with E-state index in [1.54, 1.807) is 24.3 Å². The van der Waals surface area contributed by atoms with Gasteiger partial charge in [0.1, 0.15) is 5.58 Å². The van der Waals surface area contributed by atoms with E-state index in [-0.39, 0.29) is 18.1 Å². The van der Waals surface area contributed by atoms with E-state index in [2.05, 4.69) is 10.4 Å². The van der Waals surface area contributed by atoms with Crippen molar-refractivity contribution >= 4 is 40.1 Å². The maximum Gasteiger partial charge on any atom is 0.307 e. The summed E-state index contributed by atoms with van der Waals surface area (Å²) in [5.74, 6) is -0.994. The van der Waals surface area contributed by atoms with Crippen LogP contribution in [0.5, 0.6) is 0 Å². The predicted molar refractivity (Wildman–Crippen MR) is 127 cm³/mol. The lowest BCUT2D eigenvalue weighted by molar-refractivity contribution is -0.136. The van der Waals surface area contributed by atoms with Crippen LogP contribution < -0.4 is 5.32 Å².